The Labute approximate surface area is 133 Å². The molecule has 0 spiro atoms. The van der Waals surface area contributed by atoms with Crippen LogP contribution in [0.1, 0.15) is 58.4 Å². The number of esters is 1. The van der Waals surface area contributed by atoms with Crippen molar-refractivity contribution in [3.63, 3.8) is 0 Å². The van der Waals surface area contributed by atoms with Crippen LogP contribution in [0.15, 0.2) is 30.3 Å². The number of rotatable bonds is 3. The maximum atomic E-state index is 12.9. The SMILES string of the molecule is CC(C)(C)OC(=O)C1(Cc2ccccc2)CCCCCC1=O. The third-order valence-corrected chi connectivity index (χ3v) is 4.18. The molecule has 1 aliphatic rings. The molecule has 2 rings (SSSR count). The molecule has 1 saturated carbocycles. The molecule has 0 N–H and O–H groups in total. The lowest BCUT2D eigenvalue weighted by molar-refractivity contribution is -0.171. The largest absolute Gasteiger partial charge is 0.459 e. The minimum atomic E-state index is -1.01. The van der Waals surface area contributed by atoms with E-state index in [1.165, 1.54) is 0 Å². The van der Waals surface area contributed by atoms with Crippen LogP contribution in [0.4, 0.5) is 0 Å². The number of hydrogen-bond donors (Lipinski definition) is 0. The zero-order valence-electron chi connectivity index (χ0n) is 13.9. The van der Waals surface area contributed by atoms with Gasteiger partial charge in [0, 0.05) is 6.42 Å². The van der Waals surface area contributed by atoms with E-state index in [0.29, 0.717) is 19.3 Å². The summed E-state index contributed by atoms with van der Waals surface area (Å²) in [6, 6.07) is 9.78. The Hall–Kier alpha value is -1.64. The van der Waals surface area contributed by atoms with Gasteiger partial charge in [0.15, 0.2) is 5.78 Å². The summed E-state index contributed by atoms with van der Waals surface area (Å²) in [6.07, 6.45) is 4.30. The van der Waals surface area contributed by atoms with Crippen LogP contribution in [0.25, 0.3) is 0 Å². The molecule has 1 atom stereocenters. The number of carbonyl (C=O) groups is 2. The third-order valence-electron chi connectivity index (χ3n) is 4.18. The molecule has 1 unspecified atom stereocenters. The van der Waals surface area contributed by atoms with Crippen LogP contribution in [0.5, 0.6) is 0 Å². The van der Waals surface area contributed by atoms with E-state index in [1.807, 2.05) is 51.1 Å². The maximum Gasteiger partial charge on any atom is 0.320 e. The van der Waals surface area contributed by atoms with Crippen molar-refractivity contribution in [2.75, 3.05) is 0 Å². The molecule has 0 saturated heterocycles. The highest BCUT2D eigenvalue weighted by Gasteiger charge is 2.48. The van der Waals surface area contributed by atoms with Gasteiger partial charge < -0.3 is 4.74 Å². The number of Topliss-reactive ketones (excluding diaryl/α,β-unsaturated/α-hetero) is 1. The van der Waals surface area contributed by atoms with Crippen molar-refractivity contribution in [1.29, 1.82) is 0 Å². The summed E-state index contributed by atoms with van der Waals surface area (Å²) in [6.45, 7) is 5.55. The Morgan fingerprint density at radius 3 is 2.45 bits per heavy atom. The van der Waals surface area contributed by atoms with E-state index in [-0.39, 0.29) is 11.8 Å². The molecule has 1 fully saturated rings. The van der Waals surface area contributed by atoms with Gasteiger partial charge in [-0.1, -0.05) is 43.2 Å². The van der Waals surface area contributed by atoms with Crippen LogP contribution in [0, 0.1) is 5.41 Å². The van der Waals surface area contributed by atoms with E-state index in [1.54, 1.807) is 0 Å². The van der Waals surface area contributed by atoms with Gasteiger partial charge in [-0.05, 0) is 45.6 Å². The van der Waals surface area contributed by atoms with Crippen molar-refractivity contribution < 1.29 is 14.3 Å². The van der Waals surface area contributed by atoms with E-state index >= 15 is 0 Å². The van der Waals surface area contributed by atoms with Crippen molar-refractivity contribution >= 4 is 11.8 Å². The number of benzene rings is 1. The predicted octanol–water partition coefficient (Wildman–Crippen LogP) is 4.09. The van der Waals surface area contributed by atoms with E-state index in [2.05, 4.69) is 0 Å². The fourth-order valence-corrected chi connectivity index (χ4v) is 3.06. The van der Waals surface area contributed by atoms with Gasteiger partial charge in [0.1, 0.15) is 11.0 Å². The molecule has 0 radical (unpaired) electrons. The van der Waals surface area contributed by atoms with Crippen LogP contribution >= 0.6 is 0 Å². The molecule has 0 heterocycles. The molecule has 22 heavy (non-hydrogen) atoms. The summed E-state index contributed by atoms with van der Waals surface area (Å²) in [4.78, 5) is 25.6. The Morgan fingerprint density at radius 2 is 1.82 bits per heavy atom. The zero-order valence-corrected chi connectivity index (χ0v) is 13.9. The highest BCUT2D eigenvalue weighted by atomic mass is 16.6. The van der Waals surface area contributed by atoms with Gasteiger partial charge >= 0.3 is 5.97 Å². The van der Waals surface area contributed by atoms with Crippen LogP contribution in [0.3, 0.4) is 0 Å². The maximum absolute atomic E-state index is 12.9. The first kappa shape index (κ1) is 16.7. The normalized spacial score (nSPS) is 23.0. The van der Waals surface area contributed by atoms with Gasteiger partial charge in [0.25, 0.3) is 0 Å². The first-order valence-corrected chi connectivity index (χ1v) is 8.14. The van der Waals surface area contributed by atoms with Gasteiger partial charge in [0.05, 0.1) is 0 Å². The fraction of sp³-hybridized carbons (Fsp3) is 0.579. The van der Waals surface area contributed by atoms with E-state index in [9.17, 15) is 9.59 Å². The highest BCUT2D eigenvalue weighted by Crippen LogP contribution is 2.38. The molecule has 120 valence electrons. The first-order chi connectivity index (χ1) is 10.3. The second kappa shape index (κ2) is 6.64. The molecule has 0 aliphatic heterocycles. The predicted molar refractivity (Wildman–Crippen MR) is 86.5 cm³/mol. The zero-order chi connectivity index (χ0) is 16.2. The number of ether oxygens (including phenoxy) is 1. The molecule has 3 nitrogen and oxygen atoms in total. The van der Waals surface area contributed by atoms with Crippen molar-refractivity contribution in [1.82, 2.24) is 0 Å². The Morgan fingerprint density at radius 1 is 1.14 bits per heavy atom. The van der Waals surface area contributed by atoms with E-state index < -0.39 is 11.0 Å². The van der Waals surface area contributed by atoms with E-state index in [0.717, 1.165) is 24.8 Å². The van der Waals surface area contributed by atoms with Crippen LogP contribution in [0.2, 0.25) is 0 Å². The lowest BCUT2D eigenvalue weighted by Gasteiger charge is -2.32. The molecule has 1 aromatic rings. The lowest BCUT2D eigenvalue weighted by atomic mass is 9.74. The second-order valence-corrected chi connectivity index (χ2v) is 7.23. The molecule has 0 aromatic heterocycles. The molecular formula is C19H26O3. The number of ketones is 1. The van der Waals surface area contributed by atoms with Crippen LogP contribution < -0.4 is 0 Å². The average Bonchev–Trinajstić information content (AvgIpc) is 2.62. The van der Waals surface area contributed by atoms with Gasteiger partial charge in [-0.25, -0.2) is 0 Å². The average molecular weight is 302 g/mol. The highest BCUT2D eigenvalue weighted by molar-refractivity contribution is 6.04. The minimum absolute atomic E-state index is 0.0445. The van der Waals surface area contributed by atoms with Gasteiger partial charge in [-0.2, -0.15) is 0 Å². The Bertz CT molecular complexity index is 527. The monoisotopic (exact) mass is 302 g/mol. The van der Waals surface area contributed by atoms with Crippen molar-refractivity contribution in [2.45, 2.75) is 64.9 Å². The van der Waals surface area contributed by atoms with Crippen LogP contribution in [-0.4, -0.2) is 17.4 Å². The topological polar surface area (TPSA) is 43.4 Å². The van der Waals surface area contributed by atoms with E-state index in [4.69, 9.17) is 4.74 Å². The minimum Gasteiger partial charge on any atom is -0.459 e. The van der Waals surface area contributed by atoms with Gasteiger partial charge in [0.2, 0.25) is 0 Å². The third kappa shape index (κ3) is 3.96. The van der Waals surface area contributed by atoms with Crippen LogP contribution in [-0.2, 0) is 20.7 Å². The summed E-state index contributed by atoms with van der Waals surface area (Å²) in [7, 11) is 0. The molecule has 1 aromatic carbocycles. The molecule has 1 aliphatic carbocycles. The summed E-state index contributed by atoms with van der Waals surface area (Å²) in [5.74, 6) is -0.307. The first-order valence-electron chi connectivity index (χ1n) is 8.14. The van der Waals surface area contributed by atoms with Gasteiger partial charge in [-0.3, -0.25) is 9.59 Å². The smallest absolute Gasteiger partial charge is 0.320 e. The second-order valence-electron chi connectivity index (χ2n) is 7.23. The quantitative estimate of drug-likeness (QED) is 0.480. The van der Waals surface area contributed by atoms with Crippen molar-refractivity contribution in [3.8, 4) is 0 Å². The Balaban J connectivity index is 2.34. The summed E-state index contributed by atoms with van der Waals surface area (Å²) in [5.41, 5.74) is -0.568. The van der Waals surface area contributed by atoms with Gasteiger partial charge in [-0.15, -0.1) is 0 Å². The lowest BCUT2D eigenvalue weighted by Crippen LogP contribution is -2.44. The summed E-state index contributed by atoms with van der Waals surface area (Å²) < 4.78 is 5.62. The Kier molecular flexibility index (Phi) is 5.05. The summed E-state index contributed by atoms with van der Waals surface area (Å²) >= 11 is 0. The fourth-order valence-electron chi connectivity index (χ4n) is 3.06. The number of carbonyl (C=O) groups excluding carboxylic acids is 2. The molecule has 3 heteroatoms. The molecule has 0 bridgehead atoms. The standard InChI is InChI=1S/C19H26O3/c1-18(2,3)22-17(21)19(13-9-5-8-12-16(19)20)14-15-10-6-4-7-11-15/h4,6-7,10-11H,5,8-9,12-14H2,1-3H3. The number of hydrogen-bond acceptors (Lipinski definition) is 3. The van der Waals surface area contributed by atoms with Crippen molar-refractivity contribution in [2.24, 2.45) is 5.41 Å². The molecule has 0 amide bonds. The molecular weight excluding hydrogens is 276 g/mol. The van der Waals surface area contributed by atoms with Crippen molar-refractivity contribution in [3.05, 3.63) is 35.9 Å². The summed E-state index contributed by atoms with van der Waals surface area (Å²) in [5, 5.41) is 0.